The van der Waals surface area contributed by atoms with E-state index in [1.807, 2.05) is 13.1 Å². The molecule has 0 aromatic heterocycles. The van der Waals surface area contributed by atoms with E-state index < -0.39 is 0 Å². The van der Waals surface area contributed by atoms with Crippen LogP contribution in [0.4, 0.5) is 11.4 Å². The van der Waals surface area contributed by atoms with Gasteiger partial charge in [-0.2, -0.15) is 0 Å². The number of nitrogens with zero attached hydrogens (tertiary/aromatic N) is 3. The molecule has 0 saturated carbocycles. The summed E-state index contributed by atoms with van der Waals surface area (Å²) in [5.41, 5.74) is 8.17. The molecule has 0 amide bonds. The lowest BCUT2D eigenvalue weighted by Crippen LogP contribution is -2.10. The third-order valence-corrected chi connectivity index (χ3v) is 4.78. The Morgan fingerprint density at radius 2 is 1.36 bits per heavy atom. The topological polar surface area (TPSA) is 18.6 Å². The normalized spacial score (nSPS) is 13.3. The third-order valence-electron chi connectivity index (χ3n) is 4.78. The summed E-state index contributed by atoms with van der Waals surface area (Å²) < 4.78 is 2.12. The summed E-state index contributed by atoms with van der Waals surface area (Å²) >= 11 is 0. The van der Waals surface area contributed by atoms with Crippen LogP contribution in [0.1, 0.15) is 18.1 Å². The first-order chi connectivity index (χ1) is 13.5. The van der Waals surface area contributed by atoms with Crippen molar-refractivity contribution in [3.63, 3.8) is 0 Å². The van der Waals surface area contributed by atoms with Crippen molar-refractivity contribution in [1.29, 1.82) is 0 Å². The summed E-state index contributed by atoms with van der Waals surface area (Å²) in [6.45, 7) is 1.93. The van der Waals surface area contributed by atoms with Gasteiger partial charge in [-0.15, -0.1) is 0 Å². The van der Waals surface area contributed by atoms with Crippen LogP contribution in [-0.2, 0) is 0 Å². The van der Waals surface area contributed by atoms with Crippen molar-refractivity contribution in [3.8, 4) is 0 Å². The standard InChI is InChI=1S/C25H28N3/c1-6-26-22-13-7-19(8-14-22)25(20-9-15-23(16-10-20)27(2)3)21-11-17-24(18-12-21)28(4)5/h6-18H,1-5H3/q+1. The van der Waals surface area contributed by atoms with Crippen molar-refractivity contribution in [3.05, 3.63) is 89.5 Å². The number of hydrogen-bond acceptors (Lipinski definition) is 2. The van der Waals surface area contributed by atoms with Crippen LogP contribution in [0.3, 0.4) is 0 Å². The maximum atomic E-state index is 4.37. The predicted octanol–water partition coefficient (Wildman–Crippen LogP) is 5.12. The lowest BCUT2D eigenvalue weighted by molar-refractivity contribution is -0.462. The molecule has 0 saturated heterocycles. The molecule has 2 aromatic rings. The van der Waals surface area contributed by atoms with Gasteiger partial charge < -0.3 is 4.90 Å². The van der Waals surface area contributed by atoms with E-state index in [-0.39, 0.29) is 0 Å². The van der Waals surface area contributed by atoms with Crippen LogP contribution in [0.2, 0.25) is 0 Å². The van der Waals surface area contributed by atoms with Gasteiger partial charge >= 0.3 is 0 Å². The Kier molecular flexibility index (Phi) is 6.05. The molecule has 0 atom stereocenters. The maximum Gasteiger partial charge on any atom is 0.199 e. The lowest BCUT2D eigenvalue weighted by Gasteiger charge is -2.16. The number of hydrogen-bond donors (Lipinski definition) is 0. The van der Waals surface area contributed by atoms with Crippen LogP contribution >= 0.6 is 0 Å². The molecule has 142 valence electrons. The fourth-order valence-corrected chi connectivity index (χ4v) is 3.22. The highest BCUT2D eigenvalue weighted by Crippen LogP contribution is 2.31. The van der Waals surface area contributed by atoms with Crippen LogP contribution < -0.4 is 4.90 Å². The second-order valence-corrected chi connectivity index (χ2v) is 7.19. The van der Waals surface area contributed by atoms with Crippen LogP contribution in [0, 0.1) is 0 Å². The van der Waals surface area contributed by atoms with Crippen molar-refractivity contribution in [2.24, 2.45) is 4.99 Å². The van der Waals surface area contributed by atoms with Crippen molar-refractivity contribution >= 4 is 28.9 Å². The van der Waals surface area contributed by atoms with E-state index in [4.69, 9.17) is 0 Å². The van der Waals surface area contributed by atoms with Crippen molar-refractivity contribution in [2.75, 3.05) is 33.1 Å². The summed E-state index contributed by atoms with van der Waals surface area (Å²) in [5.74, 6) is 0. The van der Waals surface area contributed by atoms with Crippen molar-refractivity contribution in [1.82, 2.24) is 0 Å². The summed E-state index contributed by atoms with van der Waals surface area (Å²) in [4.78, 5) is 6.49. The van der Waals surface area contributed by atoms with E-state index in [9.17, 15) is 0 Å². The molecule has 0 N–H and O–H groups in total. The molecule has 3 nitrogen and oxygen atoms in total. The van der Waals surface area contributed by atoms with E-state index in [1.165, 1.54) is 33.7 Å². The summed E-state index contributed by atoms with van der Waals surface area (Å²) in [7, 11) is 8.25. The Morgan fingerprint density at radius 1 is 0.821 bits per heavy atom. The molecule has 0 spiro atoms. The smallest absolute Gasteiger partial charge is 0.199 e. The third kappa shape index (κ3) is 4.37. The van der Waals surface area contributed by atoms with E-state index >= 15 is 0 Å². The quantitative estimate of drug-likeness (QED) is 0.540. The first kappa shape index (κ1) is 19.6. The van der Waals surface area contributed by atoms with E-state index in [1.54, 1.807) is 0 Å². The van der Waals surface area contributed by atoms with Crippen LogP contribution in [0.15, 0.2) is 83.4 Å². The molecule has 2 aromatic carbocycles. The molecule has 0 aliphatic heterocycles. The van der Waals surface area contributed by atoms with E-state index in [0.717, 1.165) is 5.69 Å². The van der Waals surface area contributed by atoms with Gasteiger partial charge in [-0.05, 0) is 65.6 Å². The zero-order chi connectivity index (χ0) is 20.1. The molecule has 0 unspecified atom stereocenters. The van der Waals surface area contributed by atoms with Gasteiger partial charge in [-0.3, -0.25) is 4.99 Å². The minimum Gasteiger partial charge on any atom is -0.378 e. The molecular formula is C25H28N3+. The van der Waals surface area contributed by atoms with E-state index in [2.05, 4.69) is 115 Å². The first-order valence-electron chi connectivity index (χ1n) is 9.51. The van der Waals surface area contributed by atoms with Gasteiger partial charge in [0, 0.05) is 38.1 Å². The second kappa shape index (κ2) is 8.66. The fourth-order valence-electron chi connectivity index (χ4n) is 3.22. The van der Waals surface area contributed by atoms with Gasteiger partial charge in [-0.25, -0.2) is 4.58 Å². The summed E-state index contributed by atoms with van der Waals surface area (Å²) in [6, 6.07) is 17.2. The summed E-state index contributed by atoms with van der Waals surface area (Å²) in [5, 5.41) is 0. The van der Waals surface area contributed by atoms with Crippen molar-refractivity contribution in [2.45, 2.75) is 6.92 Å². The number of rotatable bonds is 4. The number of aliphatic imine (C=N–C) groups is 1. The number of benzene rings is 2. The molecular weight excluding hydrogens is 342 g/mol. The molecule has 3 heteroatoms. The first-order valence-corrected chi connectivity index (χ1v) is 9.51. The van der Waals surface area contributed by atoms with Gasteiger partial charge in [0.15, 0.2) is 5.71 Å². The molecule has 28 heavy (non-hydrogen) atoms. The minimum absolute atomic E-state index is 0.969. The Morgan fingerprint density at radius 3 is 1.82 bits per heavy atom. The maximum absolute atomic E-state index is 4.37. The Hall–Kier alpha value is -3.20. The van der Waals surface area contributed by atoms with E-state index in [0.29, 0.717) is 0 Å². The monoisotopic (exact) mass is 370 g/mol. The van der Waals surface area contributed by atoms with Crippen LogP contribution in [0.25, 0.3) is 5.57 Å². The second-order valence-electron chi connectivity index (χ2n) is 7.19. The van der Waals surface area contributed by atoms with Gasteiger partial charge in [0.2, 0.25) is 0 Å². The largest absolute Gasteiger partial charge is 0.378 e. The van der Waals surface area contributed by atoms with Crippen molar-refractivity contribution < 1.29 is 4.58 Å². The zero-order valence-electron chi connectivity index (χ0n) is 17.3. The molecule has 0 heterocycles. The molecule has 1 aliphatic carbocycles. The summed E-state index contributed by atoms with van der Waals surface area (Å²) in [6.07, 6.45) is 10.5. The van der Waals surface area contributed by atoms with Gasteiger partial charge in [0.05, 0.1) is 5.69 Å². The number of allylic oxidation sites excluding steroid dienone is 5. The SMILES string of the molecule is C/C=N/c1ccc(C(=C2C=CC(=[N+](C)C)C=C2)c2ccc(N(C)C)cc2)cc1. The zero-order valence-corrected chi connectivity index (χ0v) is 17.3. The minimum atomic E-state index is 0.969. The highest BCUT2D eigenvalue weighted by Gasteiger charge is 2.13. The molecule has 0 fully saturated rings. The Balaban J connectivity index is 2.12. The highest BCUT2D eigenvalue weighted by molar-refractivity contribution is 6.04. The van der Waals surface area contributed by atoms with Gasteiger partial charge in [0.1, 0.15) is 14.1 Å². The van der Waals surface area contributed by atoms with Gasteiger partial charge in [-0.1, -0.05) is 24.3 Å². The van der Waals surface area contributed by atoms with Crippen LogP contribution in [0.5, 0.6) is 0 Å². The molecule has 0 radical (unpaired) electrons. The van der Waals surface area contributed by atoms with Gasteiger partial charge in [0.25, 0.3) is 0 Å². The predicted molar refractivity (Wildman–Crippen MR) is 122 cm³/mol. The Bertz CT molecular complexity index is 961. The average molecular weight is 371 g/mol. The Labute approximate surface area is 168 Å². The molecule has 3 rings (SSSR count). The highest BCUT2D eigenvalue weighted by atomic mass is 15.1. The lowest BCUT2D eigenvalue weighted by atomic mass is 9.90. The molecule has 0 bridgehead atoms. The average Bonchev–Trinajstić information content (AvgIpc) is 2.70. The number of anilines is 1. The fraction of sp³-hybridized carbons (Fsp3) is 0.200. The van der Waals surface area contributed by atoms with Crippen LogP contribution in [-0.4, -0.2) is 44.7 Å². The molecule has 1 aliphatic rings.